The number of pyridine rings is 1. The highest BCUT2D eigenvalue weighted by atomic mass is 19.1. The number of anilines is 1. The predicted octanol–water partition coefficient (Wildman–Crippen LogP) is 3.58. The highest BCUT2D eigenvalue weighted by Crippen LogP contribution is 2.27. The van der Waals surface area contributed by atoms with Gasteiger partial charge in [-0.15, -0.1) is 0 Å². The smallest absolute Gasteiger partial charge is 0.338 e. The Morgan fingerprint density at radius 1 is 1.40 bits per heavy atom. The minimum absolute atomic E-state index is 0.164. The van der Waals surface area contributed by atoms with Gasteiger partial charge in [0.15, 0.2) is 0 Å². The number of carbonyl (C=O) groups is 1. The first-order chi connectivity index (χ1) is 12.0. The third-order valence-corrected chi connectivity index (χ3v) is 4.49. The normalized spacial score (nSPS) is 16.9. The molecule has 1 atom stereocenters. The van der Waals surface area contributed by atoms with Crippen molar-refractivity contribution in [3.05, 3.63) is 53.0 Å². The van der Waals surface area contributed by atoms with E-state index in [1.165, 1.54) is 6.07 Å². The van der Waals surface area contributed by atoms with E-state index in [2.05, 4.69) is 9.88 Å². The molecule has 1 N–H and O–H groups in total. The molecule has 132 valence electrons. The summed E-state index contributed by atoms with van der Waals surface area (Å²) >= 11 is 0. The maximum absolute atomic E-state index is 13.9. The Kier molecular flexibility index (Phi) is 4.88. The zero-order valence-electron chi connectivity index (χ0n) is 14.3. The lowest BCUT2D eigenvalue weighted by Crippen LogP contribution is -2.34. The number of nitrogens with zero attached hydrogens (tertiary/aromatic N) is 2. The number of aromatic nitrogens is 1. The van der Waals surface area contributed by atoms with Crippen LogP contribution >= 0.6 is 0 Å². The van der Waals surface area contributed by atoms with Crippen LogP contribution in [0.3, 0.4) is 0 Å². The Bertz CT molecular complexity index is 777. The van der Waals surface area contributed by atoms with Gasteiger partial charge in [-0.3, -0.25) is 0 Å². The van der Waals surface area contributed by atoms with Crippen molar-refractivity contribution in [3.8, 4) is 5.75 Å². The lowest BCUT2D eigenvalue weighted by Gasteiger charge is -2.26. The Hall–Kier alpha value is -2.63. The molecule has 1 fully saturated rings. The highest BCUT2D eigenvalue weighted by Gasteiger charge is 2.26. The van der Waals surface area contributed by atoms with E-state index >= 15 is 0 Å². The van der Waals surface area contributed by atoms with Crippen LogP contribution in [0.15, 0.2) is 30.5 Å². The van der Waals surface area contributed by atoms with Gasteiger partial charge in [0.05, 0.1) is 11.6 Å². The van der Waals surface area contributed by atoms with Gasteiger partial charge in [-0.25, -0.2) is 14.2 Å². The van der Waals surface area contributed by atoms with E-state index in [0.29, 0.717) is 17.9 Å². The molecule has 0 saturated carbocycles. The molecule has 0 amide bonds. The van der Waals surface area contributed by atoms with Crippen molar-refractivity contribution in [1.82, 2.24) is 4.98 Å². The van der Waals surface area contributed by atoms with E-state index < -0.39 is 11.8 Å². The molecule has 1 aliphatic heterocycles. The third kappa shape index (κ3) is 3.73. The number of hydrogen-bond donors (Lipinski definition) is 1. The van der Waals surface area contributed by atoms with Crippen LogP contribution in [0.4, 0.5) is 10.2 Å². The van der Waals surface area contributed by atoms with Crippen LogP contribution in [0.25, 0.3) is 0 Å². The fraction of sp³-hybridized carbons (Fsp3) is 0.368. The standard InChI is InChI=1S/C19H21FN2O3/c1-12-5-6-18(21-10-12)22-7-3-4-14(22)11-25-17-9-16(20)15(19(23)24)8-13(17)2/h5-6,8-10,14H,3-4,7,11H2,1-2H3,(H,23,24)/t14-/m1/s1. The number of rotatable bonds is 5. The maximum Gasteiger partial charge on any atom is 0.338 e. The molecule has 5 nitrogen and oxygen atoms in total. The van der Waals surface area contributed by atoms with Crippen molar-refractivity contribution in [3.63, 3.8) is 0 Å². The summed E-state index contributed by atoms with van der Waals surface area (Å²) in [4.78, 5) is 17.7. The summed E-state index contributed by atoms with van der Waals surface area (Å²) in [6.07, 6.45) is 3.87. The summed E-state index contributed by atoms with van der Waals surface area (Å²) in [6, 6.07) is 6.66. The number of benzene rings is 1. The van der Waals surface area contributed by atoms with Gasteiger partial charge in [0.1, 0.15) is 24.0 Å². The van der Waals surface area contributed by atoms with Gasteiger partial charge in [-0.05, 0) is 49.9 Å². The van der Waals surface area contributed by atoms with E-state index in [4.69, 9.17) is 9.84 Å². The molecule has 6 heteroatoms. The third-order valence-electron chi connectivity index (χ3n) is 4.49. The zero-order valence-corrected chi connectivity index (χ0v) is 14.3. The maximum atomic E-state index is 13.9. The Morgan fingerprint density at radius 3 is 2.88 bits per heavy atom. The van der Waals surface area contributed by atoms with E-state index in [1.807, 2.05) is 25.3 Å². The van der Waals surface area contributed by atoms with Crippen molar-refractivity contribution in [2.24, 2.45) is 0 Å². The van der Waals surface area contributed by atoms with Crippen LogP contribution in [0.2, 0.25) is 0 Å². The lowest BCUT2D eigenvalue weighted by atomic mass is 10.1. The van der Waals surface area contributed by atoms with Crippen molar-refractivity contribution >= 4 is 11.8 Å². The largest absolute Gasteiger partial charge is 0.491 e. The second kappa shape index (κ2) is 7.09. The quantitative estimate of drug-likeness (QED) is 0.898. The number of carboxylic acids is 1. The molecule has 2 heterocycles. The second-order valence-corrected chi connectivity index (χ2v) is 6.40. The average molecular weight is 344 g/mol. The SMILES string of the molecule is Cc1ccc(N2CCC[C@@H]2COc2cc(F)c(C(=O)O)cc2C)nc1. The molecule has 3 rings (SSSR count). The van der Waals surface area contributed by atoms with E-state index in [-0.39, 0.29) is 11.6 Å². The van der Waals surface area contributed by atoms with Gasteiger partial charge in [0.25, 0.3) is 0 Å². The highest BCUT2D eigenvalue weighted by molar-refractivity contribution is 5.88. The Balaban J connectivity index is 1.71. The fourth-order valence-corrected chi connectivity index (χ4v) is 3.11. The van der Waals surface area contributed by atoms with Crippen molar-refractivity contribution in [1.29, 1.82) is 0 Å². The number of ether oxygens (including phenoxy) is 1. The van der Waals surface area contributed by atoms with Gasteiger partial charge in [-0.1, -0.05) is 6.07 Å². The second-order valence-electron chi connectivity index (χ2n) is 6.40. The summed E-state index contributed by atoms with van der Waals surface area (Å²) < 4.78 is 19.7. The number of halogens is 1. The Labute approximate surface area is 146 Å². The summed E-state index contributed by atoms with van der Waals surface area (Å²) in [5.74, 6) is -0.761. The van der Waals surface area contributed by atoms with Crippen LogP contribution in [0.5, 0.6) is 5.75 Å². The molecule has 0 bridgehead atoms. The molecule has 1 aliphatic rings. The average Bonchev–Trinajstić information content (AvgIpc) is 3.04. The van der Waals surface area contributed by atoms with Gasteiger partial charge in [-0.2, -0.15) is 0 Å². The fourth-order valence-electron chi connectivity index (χ4n) is 3.11. The summed E-state index contributed by atoms with van der Waals surface area (Å²) in [5.41, 5.74) is 1.38. The summed E-state index contributed by atoms with van der Waals surface area (Å²) in [6.45, 7) is 5.03. The Morgan fingerprint density at radius 2 is 2.20 bits per heavy atom. The minimum atomic E-state index is -1.28. The number of aryl methyl sites for hydroxylation is 2. The molecule has 25 heavy (non-hydrogen) atoms. The first kappa shape index (κ1) is 17.2. The first-order valence-electron chi connectivity index (χ1n) is 8.31. The number of hydrogen-bond acceptors (Lipinski definition) is 4. The molecular weight excluding hydrogens is 323 g/mol. The number of aromatic carboxylic acids is 1. The molecule has 0 spiro atoms. The summed E-state index contributed by atoms with van der Waals surface area (Å²) in [7, 11) is 0. The van der Waals surface area contributed by atoms with Gasteiger partial charge >= 0.3 is 5.97 Å². The molecule has 1 aromatic heterocycles. The molecule has 0 unspecified atom stereocenters. The van der Waals surface area contributed by atoms with Crippen LogP contribution in [-0.4, -0.2) is 35.3 Å². The van der Waals surface area contributed by atoms with Crippen LogP contribution in [0.1, 0.15) is 34.3 Å². The van der Waals surface area contributed by atoms with E-state index in [9.17, 15) is 9.18 Å². The molecule has 1 aromatic carbocycles. The van der Waals surface area contributed by atoms with Gasteiger partial charge < -0.3 is 14.7 Å². The predicted molar refractivity (Wildman–Crippen MR) is 92.9 cm³/mol. The molecule has 0 aliphatic carbocycles. The molecular formula is C19H21FN2O3. The molecule has 0 radical (unpaired) electrons. The first-order valence-corrected chi connectivity index (χ1v) is 8.31. The van der Waals surface area contributed by atoms with Crippen LogP contribution < -0.4 is 9.64 Å². The topological polar surface area (TPSA) is 62.7 Å². The van der Waals surface area contributed by atoms with Gasteiger partial charge in [0, 0.05) is 18.8 Å². The van der Waals surface area contributed by atoms with Crippen molar-refractivity contribution in [2.75, 3.05) is 18.1 Å². The van der Waals surface area contributed by atoms with Crippen LogP contribution in [0, 0.1) is 19.7 Å². The van der Waals surface area contributed by atoms with Gasteiger partial charge in [0.2, 0.25) is 0 Å². The number of carboxylic acid groups (broad SMARTS) is 1. The minimum Gasteiger partial charge on any atom is -0.491 e. The van der Waals surface area contributed by atoms with Crippen molar-refractivity contribution < 1.29 is 19.0 Å². The summed E-state index contributed by atoms with van der Waals surface area (Å²) in [5, 5.41) is 8.97. The molecule has 2 aromatic rings. The zero-order chi connectivity index (χ0) is 18.0. The van der Waals surface area contributed by atoms with E-state index in [1.54, 1.807) is 6.92 Å². The van der Waals surface area contributed by atoms with Crippen molar-refractivity contribution in [2.45, 2.75) is 32.7 Å². The molecule has 1 saturated heterocycles. The van der Waals surface area contributed by atoms with E-state index in [0.717, 1.165) is 36.8 Å². The lowest BCUT2D eigenvalue weighted by molar-refractivity contribution is 0.0691. The van der Waals surface area contributed by atoms with Crippen LogP contribution in [-0.2, 0) is 0 Å². The monoisotopic (exact) mass is 344 g/mol.